The summed E-state index contributed by atoms with van der Waals surface area (Å²) >= 11 is 0. The molecule has 20 heavy (non-hydrogen) atoms. The average Bonchev–Trinajstić information content (AvgIpc) is 2.72. The van der Waals surface area contributed by atoms with Crippen molar-refractivity contribution in [3.63, 3.8) is 0 Å². The van der Waals surface area contributed by atoms with E-state index in [-0.39, 0.29) is 24.3 Å². The zero-order valence-electron chi connectivity index (χ0n) is 12.2. The molecule has 0 aliphatic carbocycles. The molecule has 0 bridgehead atoms. The summed E-state index contributed by atoms with van der Waals surface area (Å²) in [7, 11) is 0. The van der Waals surface area contributed by atoms with Crippen molar-refractivity contribution in [1.82, 2.24) is 15.2 Å². The van der Waals surface area contributed by atoms with E-state index in [9.17, 15) is 9.59 Å². The standard InChI is InChI=1S/C15H21N3O2/c1-4-11(3)18-14(19)7-13(15(18)20)17-9-12-6-5-10(2)16-8-12/h5-6,8,11,13,17H,4,7,9H2,1-3H3. The highest BCUT2D eigenvalue weighted by Crippen LogP contribution is 2.18. The van der Waals surface area contributed by atoms with Crippen LogP contribution in [0.3, 0.4) is 0 Å². The number of hydrogen-bond donors (Lipinski definition) is 1. The number of rotatable bonds is 5. The number of carbonyl (C=O) groups excluding carboxylic acids is 2. The molecule has 1 aromatic rings. The van der Waals surface area contributed by atoms with Crippen LogP contribution in [0.25, 0.3) is 0 Å². The molecule has 0 saturated carbocycles. The molecule has 0 radical (unpaired) electrons. The molecule has 2 atom stereocenters. The first-order valence-electron chi connectivity index (χ1n) is 7.03. The second-order valence-electron chi connectivity index (χ2n) is 5.30. The van der Waals surface area contributed by atoms with Crippen molar-refractivity contribution in [3.05, 3.63) is 29.6 Å². The molecule has 0 aromatic carbocycles. The van der Waals surface area contributed by atoms with Gasteiger partial charge in [0.25, 0.3) is 0 Å². The normalized spacial score (nSPS) is 20.6. The maximum Gasteiger partial charge on any atom is 0.247 e. The Balaban J connectivity index is 1.96. The van der Waals surface area contributed by atoms with Gasteiger partial charge in [-0.15, -0.1) is 0 Å². The van der Waals surface area contributed by atoms with Crippen LogP contribution >= 0.6 is 0 Å². The van der Waals surface area contributed by atoms with Gasteiger partial charge in [-0.3, -0.25) is 19.5 Å². The minimum Gasteiger partial charge on any atom is -0.301 e. The fourth-order valence-electron chi connectivity index (χ4n) is 2.30. The zero-order valence-corrected chi connectivity index (χ0v) is 12.2. The molecule has 2 heterocycles. The average molecular weight is 275 g/mol. The van der Waals surface area contributed by atoms with Crippen LogP contribution in [-0.4, -0.2) is 33.8 Å². The van der Waals surface area contributed by atoms with Crippen molar-refractivity contribution in [1.29, 1.82) is 0 Å². The minimum absolute atomic E-state index is 0.0251. The molecule has 1 aliphatic heterocycles. The molecular formula is C15H21N3O2. The molecule has 0 spiro atoms. The van der Waals surface area contributed by atoms with Gasteiger partial charge in [-0.1, -0.05) is 13.0 Å². The summed E-state index contributed by atoms with van der Waals surface area (Å²) < 4.78 is 0. The Morgan fingerprint density at radius 3 is 2.80 bits per heavy atom. The summed E-state index contributed by atoms with van der Waals surface area (Å²) in [5.41, 5.74) is 1.97. The highest BCUT2D eigenvalue weighted by atomic mass is 16.2. The number of aryl methyl sites for hydroxylation is 1. The third kappa shape index (κ3) is 3.04. The van der Waals surface area contributed by atoms with Gasteiger partial charge in [-0.25, -0.2) is 0 Å². The first kappa shape index (κ1) is 14.7. The molecule has 5 nitrogen and oxygen atoms in total. The molecule has 2 amide bonds. The Hall–Kier alpha value is -1.75. The number of carbonyl (C=O) groups is 2. The number of amides is 2. The zero-order chi connectivity index (χ0) is 14.7. The van der Waals surface area contributed by atoms with Crippen molar-refractivity contribution >= 4 is 11.8 Å². The van der Waals surface area contributed by atoms with E-state index in [1.54, 1.807) is 6.20 Å². The second-order valence-corrected chi connectivity index (χ2v) is 5.30. The highest BCUT2D eigenvalue weighted by molar-refractivity contribution is 6.05. The van der Waals surface area contributed by atoms with Crippen LogP contribution in [0.4, 0.5) is 0 Å². The van der Waals surface area contributed by atoms with Gasteiger partial charge in [0.2, 0.25) is 11.8 Å². The first-order chi connectivity index (χ1) is 9.52. The van der Waals surface area contributed by atoms with Gasteiger partial charge in [-0.2, -0.15) is 0 Å². The van der Waals surface area contributed by atoms with Crippen LogP contribution in [0.15, 0.2) is 18.3 Å². The number of pyridine rings is 1. The van der Waals surface area contributed by atoms with Gasteiger partial charge in [0.05, 0.1) is 12.5 Å². The van der Waals surface area contributed by atoms with Gasteiger partial charge in [0, 0.05) is 24.5 Å². The van der Waals surface area contributed by atoms with E-state index in [1.807, 2.05) is 32.9 Å². The Kier molecular flexibility index (Phi) is 4.49. The van der Waals surface area contributed by atoms with Crippen LogP contribution in [0.1, 0.15) is 37.9 Å². The highest BCUT2D eigenvalue weighted by Gasteiger charge is 2.40. The quantitative estimate of drug-likeness (QED) is 0.825. The Morgan fingerprint density at radius 2 is 2.20 bits per heavy atom. The van der Waals surface area contributed by atoms with Gasteiger partial charge in [0.1, 0.15) is 0 Å². The largest absolute Gasteiger partial charge is 0.301 e. The van der Waals surface area contributed by atoms with Gasteiger partial charge in [0.15, 0.2) is 0 Å². The number of imide groups is 1. The van der Waals surface area contributed by atoms with Crippen molar-refractivity contribution in [2.75, 3.05) is 0 Å². The third-order valence-electron chi connectivity index (χ3n) is 3.74. The number of nitrogens with zero attached hydrogens (tertiary/aromatic N) is 2. The summed E-state index contributed by atoms with van der Waals surface area (Å²) in [6.07, 6.45) is 2.82. The summed E-state index contributed by atoms with van der Waals surface area (Å²) in [4.78, 5) is 29.7. The fourth-order valence-corrected chi connectivity index (χ4v) is 2.30. The Morgan fingerprint density at radius 1 is 1.45 bits per heavy atom. The Labute approximate surface area is 119 Å². The first-order valence-corrected chi connectivity index (χ1v) is 7.03. The van der Waals surface area contributed by atoms with Gasteiger partial charge < -0.3 is 5.32 Å². The summed E-state index contributed by atoms with van der Waals surface area (Å²) in [5, 5.41) is 3.15. The van der Waals surface area contributed by atoms with Crippen molar-refractivity contribution in [2.45, 2.75) is 52.2 Å². The van der Waals surface area contributed by atoms with E-state index in [2.05, 4.69) is 10.3 Å². The maximum absolute atomic E-state index is 12.2. The third-order valence-corrected chi connectivity index (χ3v) is 3.74. The molecule has 5 heteroatoms. The fraction of sp³-hybridized carbons (Fsp3) is 0.533. The van der Waals surface area contributed by atoms with E-state index in [0.717, 1.165) is 17.7 Å². The predicted molar refractivity (Wildman–Crippen MR) is 75.8 cm³/mol. The van der Waals surface area contributed by atoms with Crippen LogP contribution in [0.2, 0.25) is 0 Å². The number of nitrogens with one attached hydrogen (secondary N) is 1. The lowest BCUT2D eigenvalue weighted by Gasteiger charge is -2.21. The Bertz CT molecular complexity index is 498. The lowest BCUT2D eigenvalue weighted by atomic mass is 10.2. The molecule has 1 N–H and O–H groups in total. The van der Waals surface area contributed by atoms with Crippen molar-refractivity contribution in [3.8, 4) is 0 Å². The van der Waals surface area contributed by atoms with E-state index >= 15 is 0 Å². The van der Waals surface area contributed by atoms with E-state index in [1.165, 1.54) is 4.90 Å². The smallest absolute Gasteiger partial charge is 0.247 e. The molecule has 1 aliphatic rings. The molecule has 2 unspecified atom stereocenters. The molecule has 1 aromatic heterocycles. The second kappa shape index (κ2) is 6.13. The number of aromatic nitrogens is 1. The monoisotopic (exact) mass is 275 g/mol. The topological polar surface area (TPSA) is 62.3 Å². The van der Waals surface area contributed by atoms with Crippen molar-refractivity contribution < 1.29 is 9.59 Å². The summed E-state index contributed by atoms with van der Waals surface area (Å²) in [5.74, 6) is -0.187. The summed E-state index contributed by atoms with van der Waals surface area (Å²) in [6, 6.07) is 3.48. The number of likely N-dealkylation sites (tertiary alicyclic amines) is 1. The summed E-state index contributed by atoms with van der Waals surface area (Å²) in [6.45, 7) is 6.36. The lowest BCUT2D eigenvalue weighted by molar-refractivity contribution is -0.141. The molecule has 2 rings (SSSR count). The SMILES string of the molecule is CCC(C)N1C(=O)CC(NCc2ccc(C)nc2)C1=O. The molecule has 1 fully saturated rings. The van der Waals surface area contributed by atoms with Crippen LogP contribution in [-0.2, 0) is 16.1 Å². The minimum atomic E-state index is -0.405. The van der Waals surface area contributed by atoms with E-state index in [0.29, 0.717) is 6.54 Å². The molecule has 1 saturated heterocycles. The van der Waals surface area contributed by atoms with E-state index in [4.69, 9.17) is 0 Å². The van der Waals surface area contributed by atoms with Gasteiger partial charge >= 0.3 is 0 Å². The van der Waals surface area contributed by atoms with Crippen LogP contribution in [0, 0.1) is 6.92 Å². The van der Waals surface area contributed by atoms with Gasteiger partial charge in [-0.05, 0) is 31.9 Å². The lowest BCUT2D eigenvalue weighted by Crippen LogP contribution is -2.42. The van der Waals surface area contributed by atoms with Crippen LogP contribution in [0.5, 0.6) is 0 Å². The van der Waals surface area contributed by atoms with Crippen molar-refractivity contribution in [2.24, 2.45) is 0 Å². The van der Waals surface area contributed by atoms with E-state index < -0.39 is 6.04 Å². The molecular weight excluding hydrogens is 254 g/mol. The predicted octanol–water partition coefficient (Wildman–Crippen LogP) is 1.41. The molecule has 108 valence electrons. The maximum atomic E-state index is 12.2. The number of hydrogen-bond acceptors (Lipinski definition) is 4. The van der Waals surface area contributed by atoms with Crippen LogP contribution < -0.4 is 5.32 Å².